The topological polar surface area (TPSA) is 0 Å². The van der Waals surface area contributed by atoms with Gasteiger partial charge in [-0.15, -0.1) is 0 Å². The average molecular weight is 354 g/mol. The molecule has 0 aromatic rings. The van der Waals surface area contributed by atoms with Crippen LogP contribution in [0.3, 0.4) is 0 Å². The third-order valence-electron chi connectivity index (χ3n) is 10.8. The van der Waals surface area contributed by atoms with Crippen LogP contribution in [-0.2, 0) is 0 Å². The Labute approximate surface area is 164 Å². The van der Waals surface area contributed by atoms with Gasteiger partial charge in [0, 0.05) is 0 Å². The molecule has 26 heavy (non-hydrogen) atoms. The molecule has 0 saturated heterocycles. The van der Waals surface area contributed by atoms with E-state index in [1.165, 1.54) is 19.3 Å². The second-order valence-electron chi connectivity index (χ2n) is 12.2. The minimum atomic E-state index is 0.645. The van der Waals surface area contributed by atoms with Gasteiger partial charge in [0.25, 0.3) is 0 Å². The summed E-state index contributed by atoms with van der Waals surface area (Å²) in [5.74, 6) is 9.79. The third kappa shape index (κ3) is 2.93. The summed E-state index contributed by atoms with van der Waals surface area (Å²) in [5.41, 5.74) is 0.645. The van der Waals surface area contributed by atoms with Crippen LogP contribution in [0.2, 0.25) is 5.82 Å². The predicted octanol–water partition coefficient (Wildman–Crippen LogP) is 6.50. The van der Waals surface area contributed by atoms with Crippen LogP contribution in [0.15, 0.2) is 0 Å². The van der Waals surface area contributed by atoms with Gasteiger partial charge < -0.3 is 0 Å². The zero-order valence-electron chi connectivity index (χ0n) is 17.9. The molecule has 5 aliphatic rings. The van der Waals surface area contributed by atoms with E-state index in [4.69, 9.17) is 0 Å². The molecule has 0 amide bonds. The van der Waals surface area contributed by atoms with E-state index < -0.39 is 0 Å². The zero-order valence-corrected chi connectivity index (χ0v) is 17.9. The maximum absolute atomic E-state index is 2.68. The summed E-state index contributed by atoms with van der Waals surface area (Å²) >= 11 is 0. The average Bonchev–Trinajstić information content (AvgIpc) is 2.89. The van der Waals surface area contributed by atoms with Crippen LogP contribution in [0, 0.1) is 52.8 Å². The third-order valence-corrected chi connectivity index (χ3v) is 10.8. The zero-order chi connectivity index (χ0) is 17.9. The number of hydrogen-bond acceptors (Lipinski definition) is 0. The Bertz CT molecular complexity index is 510. The van der Waals surface area contributed by atoms with Crippen LogP contribution in [-0.4, -0.2) is 7.85 Å². The van der Waals surface area contributed by atoms with Crippen molar-refractivity contribution < 1.29 is 0 Å². The highest BCUT2D eigenvalue weighted by atomic mass is 14.6. The van der Waals surface area contributed by atoms with Gasteiger partial charge in [-0.05, 0) is 104 Å². The van der Waals surface area contributed by atoms with E-state index in [9.17, 15) is 0 Å². The van der Waals surface area contributed by atoms with Crippen LogP contribution in [0.5, 0.6) is 0 Å². The molecule has 146 valence electrons. The van der Waals surface area contributed by atoms with Crippen molar-refractivity contribution in [3.8, 4) is 0 Å². The molecule has 0 aromatic heterocycles. The maximum Gasteiger partial charge on any atom is 0.105 e. The number of hydrogen-bond donors (Lipinski definition) is 0. The molecule has 9 atom stereocenters. The summed E-state index contributed by atoms with van der Waals surface area (Å²) in [6.07, 6.45) is 20.4. The Kier molecular flexibility index (Phi) is 4.77. The molecule has 5 saturated carbocycles. The molecule has 0 bridgehead atoms. The van der Waals surface area contributed by atoms with E-state index in [1.54, 1.807) is 64.2 Å². The Morgan fingerprint density at radius 3 is 1.96 bits per heavy atom. The number of rotatable bonds is 1. The summed E-state index contributed by atoms with van der Waals surface area (Å²) in [6.45, 7) is 5.37. The molecule has 0 aliphatic heterocycles. The van der Waals surface area contributed by atoms with E-state index in [0.717, 1.165) is 53.2 Å². The van der Waals surface area contributed by atoms with Crippen molar-refractivity contribution in [2.24, 2.45) is 52.8 Å². The first-order valence-electron chi connectivity index (χ1n) is 12.5. The summed E-state index contributed by atoms with van der Waals surface area (Å²) < 4.78 is 0. The molecule has 0 spiro atoms. The molecule has 1 heteroatoms. The molecule has 5 aliphatic carbocycles. The van der Waals surface area contributed by atoms with Gasteiger partial charge in [-0.3, -0.25) is 0 Å². The molecule has 0 nitrogen and oxygen atoms in total. The second-order valence-corrected chi connectivity index (χ2v) is 12.2. The summed E-state index contributed by atoms with van der Waals surface area (Å²) in [6, 6.07) is 0. The quantitative estimate of drug-likeness (QED) is 0.471. The van der Waals surface area contributed by atoms with Gasteiger partial charge in [0.05, 0.1) is 0 Å². The lowest BCUT2D eigenvalue weighted by atomic mass is 9.57. The highest BCUT2D eigenvalue weighted by molar-refractivity contribution is 6.11. The van der Waals surface area contributed by atoms with Gasteiger partial charge in [-0.25, -0.2) is 0 Å². The van der Waals surface area contributed by atoms with E-state index in [2.05, 4.69) is 21.7 Å². The van der Waals surface area contributed by atoms with Gasteiger partial charge in [0.1, 0.15) is 7.85 Å². The van der Waals surface area contributed by atoms with Gasteiger partial charge in [-0.2, -0.15) is 0 Å². The molecule has 0 radical (unpaired) electrons. The molecule has 0 N–H and O–H groups in total. The van der Waals surface area contributed by atoms with Crippen molar-refractivity contribution in [2.45, 2.75) is 103 Å². The highest BCUT2D eigenvalue weighted by Crippen LogP contribution is 2.64. The Balaban J connectivity index is 1.27. The molecule has 9 unspecified atom stereocenters. The van der Waals surface area contributed by atoms with Gasteiger partial charge in [0.15, 0.2) is 0 Å². The first-order valence-corrected chi connectivity index (χ1v) is 12.5. The van der Waals surface area contributed by atoms with Crippen molar-refractivity contribution in [2.75, 3.05) is 0 Å². The van der Waals surface area contributed by atoms with E-state index in [0.29, 0.717) is 5.41 Å². The normalized spacial score (nSPS) is 53.4. The van der Waals surface area contributed by atoms with Gasteiger partial charge >= 0.3 is 0 Å². The first kappa shape index (κ1) is 18.1. The minimum absolute atomic E-state index is 0.645. The molecule has 0 aromatic carbocycles. The molecule has 5 rings (SSSR count). The Morgan fingerprint density at radius 2 is 1.15 bits per heavy atom. The lowest BCUT2D eigenvalue weighted by molar-refractivity contribution is 0.0387. The fourth-order valence-corrected chi connectivity index (χ4v) is 9.48. The maximum atomic E-state index is 2.68. The van der Waals surface area contributed by atoms with Gasteiger partial charge in [0.2, 0.25) is 0 Å². The first-order chi connectivity index (χ1) is 12.5. The fourth-order valence-electron chi connectivity index (χ4n) is 9.48. The molecular formula is C25H43B. The molecule has 0 heterocycles. The van der Waals surface area contributed by atoms with Crippen molar-refractivity contribution >= 4 is 7.85 Å². The fraction of sp³-hybridized carbons (Fsp3) is 1.00. The van der Waals surface area contributed by atoms with Crippen LogP contribution in [0.25, 0.3) is 0 Å². The van der Waals surface area contributed by atoms with Crippen molar-refractivity contribution in [3.63, 3.8) is 0 Å². The minimum Gasteiger partial charge on any atom is -0.0694 e. The lowest BCUT2D eigenvalue weighted by Crippen LogP contribution is -2.37. The van der Waals surface area contributed by atoms with Crippen molar-refractivity contribution in [1.29, 1.82) is 0 Å². The standard InChI is InChI=1S/C25H43B/c1-25(2)23-6-4-3-5-21(23)22-12-10-19(15-24(22)25)16-7-8-18-14-20(26)11-9-17(18)13-16/h16-24H,3-15,26H2,1-2H3. The highest BCUT2D eigenvalue weighted by Gasteiger charge is 2.57. The monoisotopic (exact) mass is 354 g/mol. The van der Waals surface area contributed by atoms with Crippen LogP contribution in [0.1, 0.15) is 97.3 Å². The molecular weight excluding hydrogens is 311 g/mol. The van der Waals surface area contributed by atoms with E-state index >= 15 is 0 Å². The van der Waals surface area contributed by atoms with E-state index in [1.807, 2.05) is 0 Å². The predicted molar refractivity (Wildman–Crippen MR) is 114 cm³/mol. The summed E-state index contributed by atoms with van der Waals surface area (Å²) in [5, 5.41) is 0. The SMILES string of the molecule is BC1CCC2CC(C3CCC4C5CCCCC5C(C)(C)C4C3)CCC2C1. The number of fused-ring (bicyclic) bond motifs is 4. The van der Waals surface area contributed by atoms with Crippen LogP contribution >= 0.6 is 0 Å². The summed E-state index contributed by atoms with van der Waals surface area (Å²) in [7, 11) is 2.51. The van der Waals surface area contributed by atoms with E-state index in [-0.39, 0.29) is 0 Å². The van der Waals surface area contributed by atoms with Crippen LogP contribution < -0.4 is 0 Å². The lowest BCUT2D eigenvalue weighted by Gasteiger charge is -2.47. The molecule has 5 fully saturated rings. The largest absolute Gasteiger partial charge is 0.105 e. The smallest absolute Gasteiger partial charge is 0.0694 e. The second kappa shape index (κ2) is 6.84. The van der Waals surface area contributed by atoms with Crippen LogP contribution in [0.4, 0.5) is 0 Å². The van der Waals surface area contributed by atoms with Crippen molar-refractivity contribution in [1.82, 2.24) is 0 Å². The summed E-state index contributed by atoms with van der Waals surface area (Å²) in [4.78, 5) is 0. The Hall–Kier alpha value is 0.0649. The van der Waals surface area contributed by atoms with Crippen molar-refractivity contribution in [3.05, 3.63) is 0 Å². The Morgan fingerprint density at radius 1 is 0.577 bits per heavy atom. The van der Waals surface area contributed by atoms with Gasteiger partial charge in [-0.1, -0.05) is 51.8 Å².